The molecule has 6 heteroatoms. The van der Waals surface area contributed by atoms with Crippen molar-refractivity contribution in [3.05, 3.63) is 70.9 Å². The van der Waals surface area contributed by atoms with E-state index in [2.05, 4.69) is 29.0 Å². The van der Waals surface area contributed by atoms with Crippen molar-refractivity contribution in [3.8, 4) is 5.75 Å². The fourth-order valence-corrected chi connectivity index (χ4v) is 5.25. The predicted octanol–water partition coefficient (Wildman–Crippen LogP) is 4.51. The first-order chi connectivity index (χ1) is 14.5. The zero-order valence-electron chi connectivity index (χ0n) is 17.6. The van der Waals surface area contributed by atoms with Crippen molar-refractivity contribution in [2.75, 3.05) is 18.0 Å². The van der Waals surface area contributed by atoms with E-state index in [0.717, 1.165) is 52.5 Å². The van der Waals surface area contributed by atoms with E-state index < -0.39 is 10.8 Å². The van der Waals surface area contributed by atoms with E-state index in [4.69, 9.17) is 0 Å². The number of fused-ring (bicyclic) bond motifs is 2. The number of aromatic hydroxyl groups is 1. The topological polar surface area (TPSA) is 65.5 Å². The van der Waals surface area contributed by atoms with Crippen LogP contribution < -0.4 is 10.2 Å². The highest BCUT2D eigenvalue weighted by Crippen LogP contribution is 2.43. The lowest BCUT2D eigenvalue weighted by Crippen LogP contribution is -2.29. The first-order valence-electron chi connectivity index (χ1n) is 10.2. The number of nitrogens with zero attached hydrogens (tertiary/aromatic N) is 2. The number of pyridine rings is 1. The molecule has 1 aliphatic heterocycles. The number of benzene rings is 2. The summed E-state index contributed by atoms with van der Waals surface area (Å²) in [4.78, 5) is 7.51. The Morgan fingerprint density at radius 3 is 2.80 bits per heavy atom. The van der Waals surface area contributed by atoms with Crippen LogP contribution in [0.4, 0.5) is 11.4 Å². The second kappa shape index (κ2) is 8.58. The maximum Gasteiger partial charge on any atom is 0.155 e. The Labute approximate surface area is 180 Å². The van der Waals surface area contributed by atoms with Gasteiger partial charge in [0.25, 0.3) is 0 Å². The van der Waals surface area contributed by atoms with Crippen LogP contribution in [0.1, 0.15) is 28.7 Å². The summed E-state index contributed by atoms with van der Waals surface area (Å²) in [6, 6.07) is 13.6. The maximum absolute atomic E-state index is 13.1. The summed E-state index contributed by atoms with van der Waals surface area (Å²) < 4.78 is 13.1. The van der Waals surface area contributed by atoms with Gasteiger partial charge < -0.3 is 15.3 Å². The summed E-state index contributed by atoms with van der Waals surface area (Å²) in [6.07, 6.45) is 2.61. The molecule has 0 fully saturated rings. The molecular formula is C24H27N3O2S. The van der Waals surface area contributed by atoms with Crippen LogP contribution >= 0.6 is 0 Å². The Balaban J connectivity index is 1.50. The number of hydrogen-bond donors (Lipinski definition) is 2. The highest BCUT2D eigenvalue weighted by Gasteiger charge is 2.30. The van der Waals surface area contributed by atoms with Crippen LogP contribution in [0.3, 0.4) is 0 Å². The molecule has 2 aromatic carbocycles. The van der Waals surface area contributed by atoms with Crippen LogP contribution in [-0.2, 0) is 17.3 Å². The third-order valence-corrected chi connectivity index (χ3v) is 7.03. The lowest BCUT2D eigenvalue weighted by atomic mass is 10.1. The summed E-state index contributed by atoms with van der Waals surface area (Å²) in [5.74, 6) is 0.326. The monoisotopic (exact) mass is 421 g/mol. The van der Waals surface area contributed by atoms with Crippen LogP contribution in [0.5, 0.6) is 5.75 Å². The quantitative estimate of drug-likeness (QED) is 0.573. The lowest BCUT2D eigenvalue weighted by molar-refractivity contribution is 0.464. The van der Waals surface area contributed by atoms with Crippen molar-refractivity contribution in [2.45, 2.75) is 43.7 Å². The molecule has 1 aliphatic rings. The minimum Gasteiger partial charge on any atom is -0.508 e. The number of nitrogens with one attached hydrogen (secondary N) is 1. The second-order valence-corrected chi connectivity index (χ2v) is 9.13. The number of aromatic nitrogens is 1. The first kappa shape index (κ1) is 20.6. The molecule has 1 atom stereocenters. The third kappa shape index (κ3) is 3.85. The molecule has 0 aliphatic carbocycles. The van der Waals surface area contributed by atoms with Gasteiger partial charge in [-0.25, -0.2) is 9.19 Å². The largest absolute Gasteiger partial charge is 0.508 e. The van der Waals surface area contributed by atoms with Crippen molar-refractivity contribution < 1.29 is 9.32 Å². The highest BCUT2D eigenvalue weighted by molar-refractivity contribution is 7.85. The number of phenols is 1. The molecular weight excluding hydrogens is 394 g/mol. The van der Waals surface area contributed by atoms with Crippen molar-refractivity contribution in [3.63, 3.8) is 0 Å². The minimum atomic E-state index is -1.26. The van der Waals surface area contributed by atoms with E-state index in [0.29, 0.717) is 17.3 Å². The number of rotatable bonds is 6. The molecule has 0 radical (unpaired) electrons. The standard InChI is InChI=1S/C24H27N3O2S/c1-16-7-9-21(28)19(14-16)15-25-11-5-13-27-20-6-4-12-26-24(20)30(29)22-10-8-17(2)18(3)23(22)27/h4,6-10,12,14,25,28H,5,11,13,15H2,1-3H3. The molecule has 0 saturated heterocycles. The average molecular weight is 422 g/mol. The molecule has 30 heavy (non-hydrogen) atoms. The van der Waals surface area contributed by atoms with Gasteiger partial charge in [-0.15, -0.1) is 0 Å². The smallest absolute Gasteiger partial charge is 0.155 e. The van der Waals surface area contributed by atoms with Gasteiger partial charge in [0.1, 0.15) is 16.5 Å². The molecule has 156 valence electrons. The fourth-order valence-electron chi connectivity index (χ4n) is 3.89. The van der Waals surface area contributed by atoms with Crippen LogP contribution in [-0.4, -0.2) is 27.4 Å². The molecule has 0 saturated carbocycles. The van der Waals surface area contributed by atoms with E-state index in [-0.39, 0.29) is 0 Å². The summed E-state index contributed by atoms with van der Waals surface area (Å²) in [5, 5.41) is 14.1. The van der Waals surface area contributed by atoms with Gasteiger partial charge in [-0.2, -0.15) is 0 Å². The fraction of sp³-hybridized carbons (Fsp3) is 0.292. The van der Waals surface area contributed by atoms with E-state index in [1.165, 1.54) is 5.56 Å². The maximum atomic E-state index is 13.1. The summed E-state index contributed by atoms with van der Waals surface area (Å²) >= 11 is 0. The van der Waals surface area contributed by atoms with Crippen molar-refractivity contribution in [1.29, 1.82) is 0 Å². The van der Waals surface area contributed by atoms with Crippen LogP contribution in [0.25, 0.3) is 0 Å². The van der Waals surface area contributed by atoms with Crippen molar-refractivity contribution >= 4 is 22.2 Å². The number of hydrogen-bond acceptors (Lipinski definition) is 5. The Bertz CT molecular complexity index is 1110. The number of anilines is 2. The molecule has 0 spiro atoms. The molecule has 3 aromatic rings. The normalized spacial score (nSPS) is 15.0. The SMILES string of the molecule is Cc1ccc(O)c(CNCCCN2c3cccnc3S(=O)c3ccc(C)c(C)c32)c1. The summed E-state index contributed by atoms with van der Waals surface area (Å²) in [7, 11) is -1.26. The van der Waals surface area contributed by atoms with E-state index in [1.807, 2.05) is 43.3 Å². The Morgan fingerprint density at radius 2 is 1.97 bits per heavy atom. The van der Waals surface area contributed by atoms with Gasteiger partial charge in [-0.1, -0.05) is 23.8 Å². The second-order valence-electron chi connectivity index (χ2n) is 7.76. The van der Waals surface area contributed by atoms with Crippen molar-refractivity contribution in [1.82, 2.24) is 10.3 Å². The molecule has 0 bridgehead atoms. The van der Waals surface area contributed by atoms with Gasteiger partial charge in [0.2, 0.25) is 0 Å². The van der Waals surface area contributed by atoms with Gasteiger partial charge in [-0.3, -0.25) is 0 Å². The van der Waals surface area contributed by atoms with E-state index in [1.54, 1.807) is 12.3 Å². The van der Waals surface area contributed by atoms with Gasteiger partial charge >= 0.3 is 0 Å². The summed E-state index contributed by atoms with van der Waals surface area (Å²) in [5.41, 5.74) is 6.37. The van der Waals surface area contributed by atoms with E-state index in [9.17, 15) is 9.32 Å². The highest BCUT2D eigenvalue weighted by atomic mass is 32.2. The molecule has 1 unspecified atom stereocenters. The van der Waals surface area contributed by atoms with Gasteiger partial charge in [-0.05, 0) is 69.1 Å². The molecule has 4 rings (SSSR count). The van der Waals surface area contributed by atoms with Gasteiger partial charge in [0.15, 0.2) is 5.03 Å². The summed E-state index contributed by atoms with van der Waals surface area (Å²) in [6.45, 7) is 8.44. The van der Waals surface area contributed by atoms with Crippen molar-refractivity contribution in [2.24, 2.45) is 0 Å². The molecule has 5 nitrogen and oxygen atoms in total. The molecule has 2 heterocycles. The minimum absolute atomic E-state index is 0.326. The van der Waals surface area contributed by atoms with Gasteiger partial charge in [0, 0.05) is 24.8 Å². The Kier molecular flexibility index (Phi) is 5.88. The first-order valence-corrected chi connectivity index (χ1v) is 11.4. The lowest BCUT2D eigenvalue weighted by Gasteiger charge is -2.34. The average Bonchev–Trinajstić information content (AvgIpc) is 2.74. The molecule has 0 amide bonds. The zero-order chi connectivity index (χ0) is 21.3. The number of aryl methyl sites for hydroxylation is 2. The number of phenolic OH excluding ortho intramolecular Hbond substituents is 1. The Morgan fingerprint density at radius 1 is 1.13 bits per heavy atom. The van der Waals surface area contributed by atoms with Crippen LogP contribution in [0.15, 0.2) is 58.6 Å². The molecule has 2 N–H and O–H groups in total. The third-order valence-electron chi connectivity index (χ3n) is 5.64. The molecule has 1 aromatic heterocycles. The Hall–Kier alpha value is -2.70. The van der Waals surface area contributed by atoms with Gasteiger partial charge in [0.05, 0.1) is 16.3 Å². The van der Waals surface area contributed by atoms with Crippen LogP contribution in [0.2, 0.25) is 0 Å². The van der Waals surface area contributed by atoms with E-state index >= 15 is 0 Å². The zero-order valence-corrected chi connectivity index (χ0v) is 18.4. The van der Waals surface area contributed by atoms with Crippen LogP contribution in [0, 0.1) is 20.8 Å². The predicted molar refractivity (Wildman–Crippen MR) is 121 cm³/mol.